The number of pyridine rings is 1. The van der Waals surface area contributed by atoms with Gasteiger partial charge >= 0.3 is 6.18 Å². The van der Waals surface area contributed by atoms with Crippen molar-refractivity contribution in [1.82, 2.24) is 29.9 Å². The molecule has 0 bridgehead atoms. The molecule has 10 nitrogen and oxygen atoms in total. The van der Waals surface area contributed by atoms with Crippen molar-refractivity contribution in [2.45, 2.75) is 37.0 Å². The van der Waals surface area contributed by atoms with Crippen molar-refractivity contribution in [2.75, 3.05) is 11.0 Å². The summed E-state index contributed by atoms with van der Waals surface area (Å²) in [6.07, 6.45) is -2.15. The van der Waals surface area contributed by atoms with Crippen molar-refractivity contribution in [3.8, 4) is 11.1 Å². The molecular formula is C33H25ClF7N7O3S. The molecule has 272 valence electrons. The summed E-state index contributed by atoms with van der Waals surface area (Å²) < 4.78 is 130. The van der Waals surface area contributed by atoms with Crippen LogP contribution in [0.5, 0.6) is 0 Å². The van der Waals surface area contributed by atoms with Crippen molar-refractivity contribution in [2.24, 2.45) is 13.0 Å². The minimum atomic E-state index is -5.09. The van der Waals surface area contributed by atoms with E-state index in [0.717, 1.165) is 24.5 Å². The van der Waals surface area contributed by atoms with Crippen molar-refractivity contribution in [1.29, 1.82) is 0 Å². The summed E-state index contributed by atoms with van der Waals surface area (Å²) in [5, 5.41) is 10.6. The van der Waals surface area contributed by atoms with Crippen LogP contribution >= 0.6 is 11.6 Å². The van der Waals surface area contributed by atoms with Gasteiger partial charge in [-0.1, -0.05) is 35.9 Å². The monoisotopic (exact) mass is 767 g/mol. The molecule has 0 spiro atoms. The van der Waals surface area contributed by atoms with E-state index < -0.39 is 81.0 Å². The number of aryl methyl sites for hydroxylation is 1. The van der Waals surface area contributed by atoms with E-state index in [4.69, 9.17) is 11.6 Å². The zero-order valence-corrected chi connectivity index (χ0v) is 28.4. The fraction of sp³-hybridized carbons (Fsp3) is 0.273. The number of nitrogens with zero attached hydrogens (tertiary/aromatic N) is 5. The van der Waals surface area contributed by atoms with E-state index in [-0.39, 0.29) is 28.6 Å². The van der Waals surface area contributed by atoms with E-state index >= 15 is 8.78 Å². The topological polar surface area (TPSA) is 124 Å². The summed E-state index contributed by atoms with van der Waals surface area (Å²) in [4.78, 5) is 18.1. The number of hydrogen-bond acceptors (Lipinski definition) is 6. The van der Waals surface area contributed by atoms with Crippen LogP contribution in [0.3, 0.4) is 0 Å². The predicted molar refractivity (Wildman–Crippen MR) is 175 cm³/mol. The maximum atomic E-state index is 15.4. The normalized spacial score (nSPS) is 18.2. The number of rotatable bonds is 9. The average molecular weight is 768 g/mol. The minimum absolute atomic E-state index is 0.0100. The van der Waals surface area contributed by atoms with Gasteiger partial charge in [-0.3, -0.25) is 18.9 Å². The molecule has 0 radical (unpaired) electrons. The number of nitrogens with one attached hydrogen (secondary N) is 2. The number of para-hydroxylation sites is 1. The standard InChI is InChI=1S/C33H25ClF7N7O3S/c1-47-28-19(4-3-5-21(28)31(45-47)46-52(2,50)51)18-7-9-24(34)43-27(18)23(12-15-10-16(35)13-17(36)11-15)42-25(49)14-48-30-26(29(44-48)33(39,40)41)20-6-8-22(20)32(30,37)38/h3-11,13,20,22-23H,12,14H2,1-2H3,(H,42,49)(H,45,46)/t20-,22+,23-/m0/s1. The van der Waals surface area contributed by atoms with Gasteiger partial charge in [0.05, 0.1) is 29.4 Å². The number of benzene rings is 2. The highest BCUT2D eigenvalue weighted by atomic mass is 35.5. The van der Waals surface area contributed by atoms with Gasteiger partial charge in [0.15, 0.2) is 11.5 Å². The number of hydrogen-bond donors (Lipinski definition) is 2. The second-order valence-electron chi connectivity index (χ2n) is 12.5. The molecule has 3 heterocycles. The Bertz CT molecular complexity index is 2410. The molecule has 5 aromatic rings. The molecule has 0 aliphatic heterocycles. The van der Waals surface area contributed by atoms with E-state index in [2.05, 4.69) is 25.2 Å². The first-order valence-corrected chi connectivity index (χ1v) is 17.7. The average Bonchev–Trinajstić information content (AvgIpc) is 3.56. The van der Waals surface area contributed by atoms with E-state index in [1.54, 1.807) is 25.2 Å². The maximum absolute atomic E-state index is 15.4. The molecule has 0 unspecified atom stereocenters. The van der Waals surface area contributed by atoms with Crippen LogP contribution in [0.15, 0.2) is 60.7 Å². The van der Waals surface area contributed by atoms with Crippen molar-refractivity contribution in [3.05, 3.63) is 106 Å². The molecule has 2 aliphatic rings. The quantitative estimate of drug-likeness (QED) is 0.0987. The van der Waals surface area contributed by atoms with Gasteiger partial charge < -0.3 is 5.32 Å². The third kappa shape index (κ3) is 6.27. The van der Waals surface area contributed by atoms with Crippen molar-refractivity contribution in [3.63, 3.8) is 0 Å². The van der Waals surface area contributed by atoms with Crippen LogP contribution in [-0.2, 0) is 46.9 Å². The number of aromatic nitrogens is 5. The summed E-state index contributed by atoms with van der Waals surface area (Å²) in [5.74, 6) is -9.45. The number of amides is 1. The lowest BCUT2D eigenvalue weighted by Gasteiger charge is -2.27. The van der Waals surface area contributed by atoms with E-state index in [0.29, 0.717) is 32.8 Å². The number of anilines is 1. The summed E-state index contributed by atoms with van der Waals surface area (Å²) in [5.41, 5.74) is -2.10. The van der Waals surface area contributed by atoms with Crippen LogP contribution in [0.4, 0.5) is 36.6 Å². The van der Waals surface area contributed by atoms with Gasteiger partial charge in [0.2, 0.25) is 15.9 Å². The Balaban J connectivity index is 1.32. The zero-order chi connectivity index (χ0) is 37.5. The summed E-state index contributed by atoms with van der Waals surface area (Å²) in [6, 6.07) is 9.09. The van der Waals surface area contributed by atoms with Crippen LogP contribution in [-0.4, -0.2) is 45.1 Å². The molecule has 0 saturated carbocycles. The van der Waals surface area contributed by atoms with Crippen molar-refractivity contribution < 1.29 is 43.9 Å². The number of carbonyl (C=O) groups excluding carboxylic acids is 1. The number of allylic oxidation sites excluding steroid dienone is 2. The summed E-state index contributed by atoms with van der Waals surface area (Å²) >= 11 is 6.32. The molecule has 2 N–H and O–H groups in total. The van der Waals surface area contributed by atoms with Gasteiger partial charge in [-0.25, -0.2) is 22.2 Å². The Morgan fingerprint density at radius 3 is 2.38 bits per heavy atom. The molecule has 3 aromatic heterocycles. The largest absolute Gasteiger partial charge is 0.435 e. The second kappa shape index (κ2) is 12.3. The summed E-state index contributed by atoms with van der Waals surface area (Å²) in [6.45, 7) is -1.07. The number of carbonyl (C=O) groups is 1. The number of fused-ring (bicyclic) bond motifs is 4. The van der Waals surface area contributed by atoms with Crippen LogP contribution in [0.25, 0.3) is 22.0 Å². The van der Waals surface area contributed by atoms with Gasteiger partial charge in [0.25, 0.3) is 5.92 Å². The Morgan fingerprint density at radius 2 is 1.75 bits per heavy atom. The van der Waals surface area contributed by atoms with Crippen LogP contribution in [0.1, 0.15) is 40.2 Å². The van der Waals surface area contributed by atoms with Crippen LogP contribution in [0.2, 0.25) is 5.15 Å². The van der Waals surface area contributed by atoms with E-state index in [1.807, 2.05) is 0 Å². The first-order valence-electron chi connectivity index (χ1n) is 15.4. The van der Waals surface area contributed by atoms with Crippen molar-refractivity contribution >= 4 is 44.3 Å². The van der Waals surface area contributed by atoms with Gasteiger partial charge in [0.1, 0.15) is 29.0 Å². The third-order valence-corrected chi connectivity index (χ3v) is 9.66. The van der Waals surface area contributed by atoms with Gasteiger partial charge in [-0.05, 0) is 42.3 Å². The van der Waals surface area contributed by atoms with Gasteiger partial charge in [0, 0.05) is 41.1 Å². The van der Waals surface area contributed by atoms with E-state index in [1.165, 1.54) is 22.9 Å². The molecule has 2 aliphatic carbocycles. The molecular weight excluding hydrogens is 743 g/mol. The smallest absolute Gasteiger partial charge is 0.346 e. The Labute approximate surface area is 295 Å². The van der Waals surface area contributed by atoms with Gasteiger partial charge in [-0.2, -0.15) is 32.1 Å². The zero-order valence-electron chi connectivity index (χ0n) is 26.8. The molecule has 52 heavy (non-hydrogen) atoms. The third-order valence-electron chi connectivity index (χ3n) is 8.89. The molecule has 0 fully saturated rings. The molecule has 2 aromatic carbocycles. The lowest BCUT2D eigenvalue weighted by atomic mass is 9.81. The second-order valence-corrected chi connectivity index (χ2v) is 14.7. The first kappa shape index (κ1) is 35.4. The number of alkyl halides is 5. The van der Waals surface area contributed by atoms with E-state index in [9.17, 15) is 35.2 Å². The highest BCUT2D eigenvalue weighted by molar-refractivity contribution is 7.92. The molecule has 7 rings (SSSR count). The fourth-order valence-corrected chi connectivity index (χ4v) is 7.54. The number of sulfonamides is 1. The molecule has 19 heteroatoms. The maximum Gasteiger partial charge on any atom is 0.435 e. The minimum Gasteiger partial charge on any atom is -0.346 e. The Kier molecular flexibility index (Phi) is 8.40. The molecule has 3 atom stereocenters. The van der Waals surface area contributed by atoms with Crippen LogP contribution < -0.4 is 10.0 Å². The Morgan fingerprint density at radius 1 is 1.04 bits per heavy atom. The Hall–Kier alpha value is -4.97. The SMILES string of the molecule is Cn1nc(NS(C)(=O)=O)c2cccc(-c3ccc(Cl)nc3[C@H](Cc3cc(F)cc(F)c3)NC(=O)Cn3nc(C(F)(F)F)c4c3C(F)(F)[C@@H]3C=C[C@H]43)c21. The molecule has 1 amide bonds. The summed E-state index contributed by atoms with van der Waals surface area (Å²) in [7, 11) is -2.20. The van der Waals surface area contributed by atoms with Gasteiger partial charge in [-0.15, -0.1) is 0 Å². The lowest BCUT2D eigenvalue weighted by molar-refractivity contribution is -0.142. The fourth-order valence-electron chi connectivity index (χ4n) is 6.89. The highest BCUT2D eigenvalue weighted by Crippen LogP contribution is 2.60. The number of halogens is 8. The first-order chi connectivity index (χ1) is 24.3. The lowest BCUT2D eigenvalue weighted by Crippen LogP contribution is -2.36. The highest BCUT2D eigenvalue weighted by Gasteiger charge is 2.61. The van der Waals surface area contributed by atoms with Crippen LogP contribution in [0, 0.1) is 17.6 Å². The predicted octanol–water partition coefficient (Wildman–Crippen LogP) is 6.63. The molecule has 0 saturated heterocycles.